The van der Waals surface area contributed by atoms with Crippen LogP contribution in [0.3, 0.4) is 0 Å². The van der Waals surface area contributed by atoms with Crippen molar-refractivity contribution in [1.29, 1.82) is 0 Å². The smallest absolute Gasteiger partial charge is 0.212 e. The monoisotopic (exact) mass is 881 g/mol. The molecule has 0 amide bonds. The van der Waals surface area contributed by atoms with Crippen molar-refractivity contribution < 1.29 is 4.39 Å². The van der Waals surface area contributed by atoms with Gasteiger partial charge in [0.1, 0.15) is 5.82 Å². The lowest BCUT2D eigenvalue weighted by molar-refractivity contribution is 0.582. The van der Waals surface area contributed by atoms with Gasteiger partial charge in [-0.2, -0.15) is 4.39 Å². The van der Waals surface area contributed by atoms with Crippen molar-refractivity contribution in [2.75, 3.05) is 18.0 Å². The fraction of sp³-hybridized carbons (Fsp3) is 0.250. The summed E-state index contributed by atoms with van der Waals surface area (Å²) in [6, 6.07) is 32.0. The molecular weight excluding hydrogens is 836 g/mol. The third-order valence-corrected chi connectivity index (χ3v) is 12.4. The molecule has 1 saturated heterocycles. The Morgan fingerprint density at radius 2 is 1.03 bits per heavy atom. The molecule has 5 heterocycles. The largest absolute Gasteiger partial charge is 0.357 e. The Morgan fingerprint density at radius 3 is 1.47 bits per heavy atom. The summed E-state index contributed by atoms with van der Waals surface area (Å²) in [5.41, 5.74) is 14.7. The van der Waals surface area contributed by atoms with Crippen LogP contribution in [-0.4, -0.2) is 33.0 Å². The highest BCUT2D eigenvalue weighted by Crippen LogP contribution is 2.35. The van der Waals surface area contributed by atoms with Gasteiger partial charge in [-0.3, -0.25) is 0 Å². The van der Waals surface area contributed by atoms with E-state index in [-0.39, 0.29) is 19.8 Å². The first-order valence-corrected chi connectivity index (χ1v) is 22.0. The van der Waals surface area contributed by atoms with Gasteiger partial charge in [-0.1, -0.05) is 99.1 Å². The number of aromatic nitrogens is 4. The van der Waals surface area contributed by atoms with Gasteiger partial charge in [0.25, 0.3) is 0 Å². The van der Waals surface area contributed by atoms with Gasteiger partial charge in [-0.25, -0.2) is 19.9 Å². The number of hydrogen-bond donors (Lipinski definition) is 0. The molecule has 5 nitrogen and oxygen atoms in total. The first kappa shape index (κ1) is 44.1. The molecule has 11 heteroatoms. The van der Waals surface area contributed by atoms with Crippen LogP contribution in [0.1, 0.15) is 74.6 Å². The van der Waals surface area contributed by atoms with Crippen LogP contribution >= 0.6 is 58.3 Å². The maximum absolute atomic E-state index is 13.0. The molecule has 304 valence electrons. The van der Waals surface area contributed by atoms with E-state index >= 15 is 0 Å². The number of pyridine rings is 2. The van der Waals surface area contributed by atoms with Crippen LogP contribution in [0.15, 0.2) is 120 Å². The molecule has 8 aromatic rings. The summed E-state index contributed by atoms with van der Waals surface area (Å²) < 4.78 is 15.3. The van der Waals surface area contributed by atoms with Crippen molar-refractivity contribution in [3.05, 3.63) is 159 Å². The van der Waals surface area contributed by atoms with Gasteiger partial charge in [-0.05, 0) is 120 Å². The number of thiazole rings is 2. The Morgan fingerprint density at radius 1 is 0.542 bits per heavy atom. The van der Waals surface area contributed by atoms with Crippen molar-refractivity contribution in [1.82, 2.24) is 19.9 Å². The van der Waals surface area contributed by atoms with Crippen molar-refractivity contribution in [2.45, 2.75) is 65.2 Å². The number of rotatable bonds is 7. The molecule has 4 aromatic heterocycles. The quantitative estimate of drug-likeness (QED) is 0.149. The molecule has 0 spiro atoms. The summed E-state index contributed by atoms with van der Waals surface area (Å²) >= 11 is 15.7. The van der Waals surface area contributed by atoms with E-state index in [9.17, 15) is 4.39 Å². The van der Waals surface area contributed by atoms with Gasteiger partial charge >= 0.3 is 0 Å². The Bertz CT molecular complexity index is 2560. The normalized spacial score (nSPS) is 13.2. The molecule has 2 fully saturated rings. The van der Waals surface area contributed by atoms with Crippen molar-refractivity contribution in [3.8, 4) is 22.3 Å². The molecule has 1 saturated carbocycles. The zero-order valence-electron chi connectivity index (χ0n) is 31.9. The summed E-state index contributed by atoms with van der Waals surface area (Å²) in [6.45, 7) is 2.24. The van der Waals surface area contributed by atoms with Crippen molar-refractivity contribution in [2.24, 2.45) is 0 Å². The summed E-state index contributed by atoms with van der Waals surface area (Å²) in [7, 11) is 0. The lowest BCUT2D eigenvalue weighted by atomic mass is 9.98. The topological polar surface area (TPSA) is 54.8 Å². The number of halogens is 4. The summed E-state index contributed by atoms with van der Waals surface area (Å²) in [6.07, 6.45) is 15.2. The maximum Gasteiger partial charge on any atom is 0.212 e. The van der Waals surface area contributed by atoms with Crippen molar-refractivity contribution >= 4 is 84.5 Å². The molecule has 59 heavy (non-hydrogen) atoms. The summed E-state index contributed by atoms with van der Waals surface area (Å²) in [5.74, 6) is 0.634. The lowest BCUT2D eigenvalue weighted by Crippen LogP contribution is -2.18. The number of fused-ring (bicyclic) bond motifs is 2. The van der Waals surface area contributed by atoms with Gasteiger partial charge in [-0.15, -0.1) is 35.1 Å². The van der Waals surface area contributed by atoms with Gasteiger partial charge in [0.05, 0.1) is 31.5 Å². The zero-order valence-corrected chi connectivity index (χ0v) is 35.9. The third-order valence-electron chi connectivity index (χ3n) is 10.4. The van der Waals surface area contributed by atoms with E-state index in [0.717, 1.165) is 79.5 Å². The Hall–Kier alpha value is -4.44. The highest BCUT2D eigenvalue weighted by atomic mass is 35.5. The fourth-order valence-electron chi connectivity index (χ4n) is 7.52. The molecule has 1 aliphatic carbocycles. The number of benzene rings is 4. The van der Waals surface area contributed by atoms with Crippen molar-refractivity contribution in [3.63, 3.8) is 0 Å². The standard InChI is InChI=1S/C23H20ClN3S.C19H12ClFN2S.C5H10.CH4.ClH/c24-19-5-3-4-18(13-19)20-11-17(12-21-23(20)26-15-28-21)10-16-6-7-22(25-14-16)27-8-1-2-9-27;20-15-3-1-2-14(9-15)16-7-13(8-17-19(16)23-11-24-17)6-12-4-5-18(21)22-10-12;1-2-4-5-3-1;;/h3-7,11-15H,1-2,8-10H2;1-5,7-11H,6H2;1-5H2;1H4;1H. The second-order valence-corrected chi connectivity index (χ2v) is 17.2. The van der Waals surface area contributed by atoms with E-state index in [1.807, 2.05) is 59.7 Å². The summed E-state index contributed by atoms with van der Waals surface area (Å²) in [4.78, 5) is 19.9. The van der Waals surface area contributed by atoms with Gasteiger partial charge < -0.3 is 4.90 Å². The van der Waals surface area contributed by atoms with Crippen LogP contribution in [0.2, 0.25) is 10.0 Å². The number of hydrogen-bond acceptors (Lipinski definition) is 7. The predicted octanol–water partition coefficient (Wildman–Crippen LogP) is 15.0. The third kappa shape index (κ3) is 11.4. The Balaban J connectivity index is 0.000000173. The molecule has 0 radical (unpaired) electrons. The zero-order chi connectivity index (χ0) is 39.0. The highest BCUT2D eigenvalue weighted by molar-refractivity contribution is 7.17. The molecule has 4 aromatic carbocycles. The molecule has 0 N–H and O–H groups in total. The van der Waals surface area contributed by atoms with Gasteiger partial charge in [0, 0.05) is 46.7 Å². The van der Waals surface area contributed by atoms with Crippen LogP contribution in [0.25, 0.3) is 42.7 Å². The second-order valence-electron chi connectivity index (χ2n) is 14.5. The molecule has 10 rings (SSSR count). The SMILES string of the molecule is C.C1CCCC1.Cl.Clc1cccc(-c2cc(Cc3ccc(N4CCCC4)nc3)cc3scnc23)c1.Fc1ccc(Cc2cc(-c3cccc(Cl)c3)c3ncsc3c2)cn1. The number of anilines is 1. The van der Waals surface area contributed by atoms with E-state index < -0.39 is 5.95 Å². The second kappa shape index (κ2) is 21.2. The predicted molar refractivity (Wildman–Crippen MR) is 253 cm³/mol. The first-order chi connectivity index (χ1) is 27.9. The van der Waals surface area contributed by atoms with Crippen LogP contribution in [0, 0.1) is 5.95 Å². The fourth-order valence-corrected chi connectivity index (χ4v) is 9.44. The Kier molecular flexibility index (Phi) is 15.8. The average Bonchev–Trinajstić information content (AvgIpc) is 4.08. The number of nitrogens with zero attached hydrogens (tertiary/aromatic N) is 5. The minimum Gasteiger partial charge on any atom is -0.357 e. The van der Waals surface area contributed by atoms with E-state index in [0.29, 0.717) is 11.4 Å². The Labute approximate surface area is 370 Å². The van der Waals surface area contributed by atoms with Gasteiger partial charge in [0.15, 0.2) is 0 Å². The minimum atomic E-state index is -0.462. The van der Waals surface area contributed by atoms with Gasteiger partial charge in [0.2, 0.25) is 5.95 Å². The maximum atomic E-state index is 13.0. The van der Waals surface area contributed by atoms with E-state index in [4.69, 9.17) is 28.2 Å². The molecule has 0 unspecified atom stereocenters. The first-order valence-electron chi connectivity index (χ1n) is 19.5. The molecular formula is C48H47Cl3FN5S2. The minimum absolute atomic E-state index is 0. The molecule has 1 aliphatic heterocycles. The van der Waals surface area contributed by atoms with Crippen LogP contribution < -0.4 is 4.90 Å². The summed E-state index contributed by atoms with van der Waals surface area (Å²) in [5, 5.41) is 1.44. The van der Waals surface area contributed by atoms with E-state index in [1.54, 1.807) is 34.9 Å². The highest BCUT2D eigenvalue weighted by Gasteiger charge is 2.15. The molecule has 0 bridgehead atoms. The van der Waals surface area contributed by atoms with Crippen LogP contribution in [-0.2, 0) is 12.8 Å². The molecule has 0 atom stereocenters. The van der Waals surface area contributed by atoms with Crippen LogP contribution in [0.5, 0.6) is 0 Å². The van der Waals surface area contributed by atoms with Crippen LogP contribution in [0.4, 0.5) is 10.2 Å². The van der Waals surface area contributed by atoms with E-state index in [1.165, 1.54) is 66.8 Å². The van der Waals surface area contributed by atoms with E-state index in [2.05, 4.69) is 62.3 Å². The average molecular weight is 883 g/mol. The molecule has 2 aliphatic rings. The lowest BCUT2D eigenvalue weighted by Gasteiger charge is -2.16.